The maximum Gasteiger partial charge on any atom is 0.315 e. The first-order valence-corrected chi connectivity index (χ1v) is 7.21. The van der Waals surface area contributed by atoms with Crippen LogP contribution >= 0.6 is 0 Å². The van der Waals surface area contributed by atoms with Crippen molar-refractivity contribution in [1.82, 2.24) is 0 Å². The summed E-state index contributed by atoms with van der Waals surface area (Å²) in [6.45, 7) is 0. The van der Waals surface area contributed by atoms with Gasteiger partial charge in [-0.05, 0) is 29.8 Å². The highest BCUT2D eigenvalue weighted by molar-refractivity contribution is 7.85. The number of hydrogen-bond donors (Lipinski definition) is 1. The summed E-state index contributed by atoms with van der Waals surface area (Å²) in [5.74, 6) is 0.00265. The summed E-state index contributed by atoms with van der Waals surface area (Å²) in [6, 6.07) is 14.0. The zero-order chi connectivity index (χ0) is 14.6. The van der Waals surface area contributed by atoms with Crippen LogP contribution in [0.2, 0.25) is 0 Å². The highest BCUT2D eigenvalue weighted by Gasteiger charge is 2.10. The van der Waals surface area contributed by atoms with Gasteiger partial charge in [0.25, 0.3) is 10.1 Å². The zero-order valence-electron chi connectivity index (χ0n) is 10.4. The molecule has 104 valence electrons. The maximum atomic E-state index is 11.7. The normalized spacial score (nSPS) is 11.1. The molecule has 20 heavy (non-hydrogen) atoms. The minimum atomic E-state index is -4.21. The van der Waals surface area contributed by atoms with Crippen LogP contribution in [0.1, 0.15) is 5.56 Å². The van der Waals surface area contributed by atoms with Gasteiger partial charge in [-0.15, -0.1) is 0 Å². The van der Waals surface area contributed by atoms with Crippen molar-refractivity contribution in [3.63, 3.8) is 0 Å². The molecule has 1 N–H and O–H groups in total. The summed E-state index contributed by atoms with van der Waals surface area (Å²) in [7, 11) is -4.21. The Labute approximate surface area is 116 Å². The van der Waals surface area contributed by atoms with E-state index in [1.807, 2.05) is 6.07 Å². The third-order valence-corrected chi connectivity index (χ3v) is 3.41. The van der Waals surface area contributed by atoms with Crippen LogP contribution in [0.4, 0.5) is 0 Å². The minimum absolute atomic E-state index is 0.0145. The average Bonchev–Trinajstić information content (AvgIpc) is 2.39. The molecule has 6 heteroatoms. The second-order valence-corrected chi connectivity index (χ2v) is 5.50. The molecule has 0 amide bonds. The highest BCUT2D eigenvalue weighted by atomic mass is 32.2. The monoisotopic (exact) mass is 292 g/mol. The summed E-state index contributed by atoms with van der Waals surface area (Å²) in [6.07, 6.45) is 0.0145. The van der Waals surface area contributed by atoms with E-state index in [2.05, 4.69) is 0 Å². The molecule has 0 aromatic heterocycles. The second kappa shape index (κ2) is 5.85. The number of esters is 1. The Morgan fingerprint density at radius 1 is 1.00 bits per heavy atom. The molecular formula is C14H12O5S. The van der Waals surface area contributed by atoms with Gasteiger partial charge in [-0.1, -0.05) is 30.3 Å². The van der Waals surface area contributed by atoms with Crippen molar-refractivity contribution in [2.45, 2.75) is 11.3 Å². The third kappa shape index (κ3) is 3.91. The fourth-order valence-corrected chi connectivity index (χ4v) is 2.08. The van der Waals surface area contributed by atoms with E-state index >= 15 is 0 Å². The standard InChI is InChI=1S/C14H12O5S/c15-14(19-12-4-2-1-3-5-12)10-11-6-8-13(9-7-11)20(16,17)18/h1-9H,10H2,(H,16,17,18). The van der Waals surface area contributed by atoms with Crippen molar-refractivity contribution in [1.29, 1.82) is 0 Å². The minimum Gasteiger partial charge on any atom is -0.426 e. The van der Waals surface area contributed by atoms with Gasteiger partial charge in [0.1, 0.15) is 5.75 Å². The van der Waals surface area contributed by atoms with Crippen molar-refractivity contribution in [3.8, 4) is 5.75 Å². The molecule has 0 aliphatic rings. The average molecular weight is 292 g/mol. The van der Waals surface area contributed by atoms with Gasteiger partial charge < -0.3 is 4.74 Å². The number of ether oxygens (including phenoxy) is 1. The Morgan fingerprint density at radius 3 is 2.15 bits per heavy atom. The predicted molar refractivity (Wildman–Crippen MR) is 72.0 cm³/mol. The Morgan fingerprint density at radius 2 is 1.60 bits per heavy atom. The Balaban J connectivity index is 2.02. The topological polar surface area (TPSA) is 80.7 Å². The number of carbonyl (C=O) groups excluding carboxylic acids is 1. The van der Waals surface area contributed by atoms with E-state index in [4.69, 9.17) is 9.29 Å². The van der Waals surface area contributed by atoms with Crippen molar-refractivity contribution in [2.24, 2.45) is 0 Å². The quantitative estimate of drug-likeness (QED) is 0.530. The lowest BCUT2D eigenvalue weighted by atomic mass is 10.1. The van der Waals surface area contributed by atoms with Gasteiger partial charge in [0.2, 0.25) is 0 Å². The van der Waals surface area contributed by atoms with Gasteiger partial charge in [-0.2, -0.15) is 8.42 Å². The summed E-state index contributed by atoms with van der Waals surface area (Å²) in [5, 5.41) is 0. The number of rotatable bonds is 4. The lowest BCUT2D eigenvalue weighted by Crippen LogP contribution is -2.11. The summed E-state index contributed by atoms with van der Waals surface area (Å²) in [4.78, 5) is 11.5. The van der Waals surface area contributed by atoms with Gasteiger partial charge in [0, 0.05) is 0 Å². The van der Waals surface area contributed by atoms with E-state index in [-0.39, 0.29) is 11.3 Å². The van der Waals surface area contributed by atoms with Crippen LogP contribution in [0.3, 0.4) is 0 Å². The first kappa shape index (κ1) is 14.2. The molecule has 0 heterocycles. The first-order valence-electron chi connectivity index (χ1n) is 5.77. The van der Waals surface area contributed by atoms with E-state index in [9.17, 15) is 13.2 Å². The number of para-hydroxylation sites is 1. The van der Waals surface area contributed by atoms with E-state index < -0.39 is 16.1 Å². The van der Waals surface area contributed by atoms with Crippen LogP contribution in [0, 0.1) is 0 Å². The van der Waals surface area contributed by atoms with Crippen LogP contribution in [0.25, 0.3) is 0 Å². The highest BCUT2D eigenvalue weighted by Crippen LogP contribution is 2.13. The number of carbonyl (C=O) groups is 1. The van der Waals surface area contributed by atoms with Crippen molar-refractivity contribution in [2.75, 3.05) is 0 Å². The van der Waals surface area contributed by atoms with Gasteiger partial charge in [0.15, 0.2) is 0 Å². The predicted octanol–water partition coefficient (Wildman–Crippen LogP) is 2.08. The first-order chi connectivity index (χ1) is 9.45. The van der Waals surface area contributed by atoms with Crippen molar-refractivity contribution >= 4 is 16.1 Å². The smallest absolute Gasteiger partial charge is 0.315 e. The molecule has 0 aliphatic heterocycles. The maximum absolute atomic E-state index is 11.7. The largest absolute Gasteiger partial charge is 0.426 e. The SMILES string of the molecule is O=C(Cc1ccc(S(=O)(=O)O)cc1)Oc1ccccc1. The van der Waals surface area contributed by atoms with Crippen LogP contribution in [0.5, 0.6) is 5.75 Å². The van der Waals surface area contributed by atoms with E-state index in [1.165, 1.54) is 24.3 Å². The molecule has 0 spiro atoms. The molecule has 2 aromatic rings. The van der Waals surface area contributed by atoms with E-state index in [1.54, 1.807) is 24.3 Å². The van der Waals surface area contributed by atoms with Crippen LogP contribution in [0.15, 0.2) is 59.5 Å². The Kier molecular flexibility index (Phi) is 4.16. The van der Waals surface area contributed by atoms with Gasteiger partial charge in [-0.25, -0.2) is 0 Å². The fourth-order valence-electron chi connectivity index (χ4n) is 1.60. The molecule has 0 saturated heterocycles. The molecule has 0 bridgehead atoms. The van der Waals surface area contributed by atoms with Gasteiger partial charge in [-0.3, -0.25) is 9.35 Å². The molecule has 5 nitrogen and oxygen atoms in total. The second-order valence-electron chi connectivity index (χ2n) is 4.08. The van der Waals surface area contributed by atoms with E-state index in [0.29, 0.717) is 11.3 Å². The van der Waals surface area contributed by atoms with Crippen LogP contribution in [-0.4, -0.2) is 18.9 Å². The number of hydrogen-bond acceptors (Lipinski definition) is 4. The van der Waals surface area contributed by atoms with Crippen LogP contribution in [-0.2, 0) is 21.3 Å². The van der Waals surface area contributed by atoms with Crippen molar-refractivity contribution < 1.29 is 22.5 Å². The van der Waals surface area contributed by atoms with Gasteiger partial charge >= 0.3 is 5.97 Å². The third-order valence-electron chi connectivity index (χ3n) is 2.54. The van der Waals surface area contributed by atoms with Gasteiger partial charge in [0.05, 0.1) is 11.3 Å². The Hall–Kier alpha value is -2.18. The van der Waals surface area contributed by atoms with E-state index in [0.717, 1.165) is 0 Å². The molecule has 0 atom stereocenters. The molecule has 0 aliphatic carbocycles. The van der Waals surface area contributed by atoms with Crippen molar-refractivity contribution in [3.05, 3.63) is 60.2 Å². The molecular weight excluding hydrogens is 280 g/mol. The summed E-state index contributed by atoms with van der Waals surface area (Å²) < 4.78 is 35.7. The summed E-state index contributed by atoms with van der Waals surface area (Å²) >= 11 is 0. The number of benzene rings is 2. The molecule has 0 saturated carbocycles. The summed E-state index contributed by atoms with van der Waals surface area (Å²) in [5.41, 5.74) is 0.596. The lowest BCUT2D eigenvalue weighted by Gasteiger charge is -2.04. The fraction of sp³-hybridized carbons (Fsp3) is 0.0714. The van der Waals surface area contributed by atoms with Crippen LogP contribution < -0.4 is 4.74 Å². The Bertz CT molecular complexity index is 690. The molecule has 0 fully saturated rings. The zero-order valence-corrected chi connectivity index (χ0v) is 11.2. The lowest BCUT2D eigenvalue weighted by molar-refractivity contribution is -0.133. The molecule has 0 radical (unpaired) electrons. The molecule has 0 unspecified atom stereocenters. The molecule has 2 aromatic carbocycles. The molecule has 2 rings (SSSR count).